The Morgan fingerprint density at radius 1 is 0.567 bits per heavy atom. The molecule has 30 heavy (non-hydrogen) atoms. The molecule has 0 nitrogen and oxygen atoms in total. The molecule has 2 atom stereocenters. The second-order valence-electron chi connectivity index (χ2n) is 8.57. The first-order valence-corrected chi connectivity index (χ1v) is 10.6. The molecule has 0 radical (unpaired) electrons. The molecule has 1 saturated carbocycles. The lowest BCUT2D eigenvalue weighted by Gasteiger charge is -2.27. The van der Waals surface area contributed by atoms with E-state index in [2.05, 4.69) is 122 Å². The van der Waals surface area contributed by atoms with E-state index in [0.29, 0.717) is 0 Å². The van der Waals surface area contributed by atoms with E-state index in [0.717, 1.165) is 0 Å². The van der Waals surface area contributed by atoms with E-state index < -0.39 is 5.41 Å². The van der Waals surface area contributed by atoms with Crippen LogP contribution in [0.15, 0.2) is 115 Å². The van der Waals surface area contributed by atoms with Gasteiger partial charge in [0, 0.05) is 12.2 Å². The fourth-order valence-corrected chi connectivity index (χ4v) is 5.49. The quantitative estimate of drug-likeness (QED) is 0.299. The van der Waals surface area contributed by atoms with Crippen LogP contribution in [0.2, 0.25) is 0 Å². The van der Waals surface area contributed by atoms with Gasteiger partial charge in [-0.25, -0.2) is 0 Å². The van der Waals surface area contributed by atoms with E-state index in [1.54, 1.807) is 0 Å². The predicted octanol–water partition coefficient (Wildman–Crippen LogP) is 7.64. The molecule has 0 saturated heterocycles. The van der Waals surface area contributed by atoms with Crippen molar-refractivity contribution in [1.82, 2.24) is 0 Å². The number of rotatable bonds is 3. The van der Waals surface area contributed by atoms with E-state index in [-0.39, 0.29) is 11.8 Å². The summed E-state index contributed by atoms with van der Waals surface area (Å²) < 4.78 is 9.52. The minimum absolute atomic E-state index is 0.279. The zero-order valence-electron chi connectivity index (χ0n) is 18.0. The monoisotopic (exact) mass is 385 g/mol. The van der Waals surface area contributed by atoms with Crippen LogP contribution in [-0.4, -0.2) is 0 Å². The molecule has 0 amide bonds. The lowest BCUT2D eigenvalue weighted by molar-refractivity contribution is 0.660. The second kappa shape index (κ2) is 6.31. The van der Waals surface area contributed by atoms with Gasteiger partial charge >= 0.3 is 0 Å². The van der Waals surface area contributed by atoms with Crippen LogP contribution in [0, 0.1) is 0 Å². The van der Waals surface area contributed by atoms with Crippen molar-refractivity contribution in [2.75, 3.05) is 0 Å². The lowest BCUT2D eigenvalue weighted by Crippen LogP contribution is -2.22. The molecular formula is C30H24. The molecule has 144 valence electrons. The minimum atomic E-state index is -0.421. The highest BCUT2D eigenvalue weighted by atomic mass is 14.7. The maximum Gasteiger partial charge on any atom is 0.0318 e. The first-order chi connectivity index (χ1) is 15.2. The summed E-state index contributed by atoms with van der Waals surface area (Å²) >= 11 is 0. The zero-order chi connectivity index (χ0) is 21.1. The fourth-order valence-electron chi connectivity index (χ4n) is 5.49. The van der Waals surface area contributed by atoms with Crippen LogP contribution in [0.5, 0.6) is 0 Å². The van der Waals surface area contributed by atoms with Gasteiger partial charge in [-0.15, -0.1) is 0 Å². The van der Waals surface area contributed by atoms with Gasteiger partial charge in [0.15, 0.2) is 0 Å². The molecule has 6 rings (SSSR count). The standard InChI is InChI=1S/C30H24/c1-29(24-15-3-2-4-16-24)21-30(29,27-19-9-13-22-11-5-7-17-25(22)27)28-20-10-14-23-12-6-8-18-26(23)28/h2-20H,21H2,1H3/t29-/m1/s1/i21D/t21-,29+/m0. The smallest absolute Gasteiger partial charge is 0.0318 e. The topological polar surface area (TPSA) is 0 Å². The molecule has 0 unspecified atom stereocenters. The maximum absolute atomic E-state index is 9.52. The summed E-state index contributed by atoms with van der Waals surface area (Å²) in [6, 6.07) is 41.0. The SMILES string of the molecule is [2H][C@@H]1C(c2cccc3ccccc23)(c2cccc3ccccc23)[C@@]1(C)c1ccccc1. The van der Waals surface area contributed by atoms with Crippen LogP contribution in [0.4, 0.5) is 0 Å². The Labute approximate surface area is 179 Å². The molecule has 0 heteroatoms. The van der Waals surface area contributed by atoms with Crippen LogP contribution in [0.25, 0.3) is 21.5 Å². The second-order valence-corrected chi connectivity index (χ2v) is 8.57. The van der Waals surface area contributed by atoms with Gasteiger partial charge in [0.05, 0.1) is 0 Å². The Morgan fingerprint density at radius 2 is 1.03 bits per heavy atom. The van der Waals surface area contributed by atoms with Crippen LogP contribution in [0.1, 0.15) is 31.4 Å². The third kappa shape index (κ3) is 2.28. The van der Waals surface area contributed by atoms with Crippen LogP contribution in [0.3, 0.4) is 0 Å². The van der Waals surface area contributed by atoms with Gasteiger partial charge in [0.1, 0.15) is 0 Å². The molecule has 1 fully saturated rings. The van der Waals surface area contributed by atoms with Crippen LogP contribution >= 0.6 is 0 Å². The largest absolute Gasteiger partial charge is 0.0622 e. The van der Waals surface area contributed by atoms with Gasteiger partial charge in [-0.05, 0) is 44.6 Å². The van der Waals surface area contributed by atoms with Crippen molar-refractivity contribution < 1.29 is 1.37 Å². The van der Waals surface area contributed by atoms with Crippen molar-refractivity contribution in [3.63, 3.8) is 0 Å². The third-order valence-electron chi connectivity index (χ3n) is 7.04. The predicted molar refractivity (Wildman–Crippen MR) is 127 cm³/mol. The molecule has 0 heterocycles. The number of fused-ring (bicyclic) bond motifs is 2. The fraction of sp³-hybridized carbons (Fsp3) is 0.133. The molecule has 1 aliphatic carbocycles. The van der Waals surface area contributed by atoms with Gasteiger partial charge in [0.2, 0.25) is 0 Å². The van der Waals surface area contributed by atoms with E-state index >= 15 is 0 Å². The van der Waals surface area contributed by atoms with Crippen molar-refractivity contribution in [1.29, 1.82) is 0 Å². The normalized spacial score (nSPS) is 22.7. The Hall–Kier alpha value is -3.38. The number of benzene rings is 5. The van der Waals surface area contributed by atoms with Crippen LogP contribution in [-0.2, 0) is 10.8 Å². The molecule has 1 aliphatic rings. The van der Waals surface area contributed by atoms with Crippen molar-refractivity contribution >= 4 is 21.5 Å². The number of hydrogen-bond acceptors (Lipinski definition) is 0. The zero-order valence-corrected chi connectivity index (χ0v) is 17.0. The van der Waals surface area contributed by atoms with E-state index in [1.807, 2.05) is 0 Å². The maximum atomic E-state index is 9.52. The molecule has 0 N–H and O–H groups in total. The van der Waals surface area contributed by atoms with Gasteiger partial charge in [-0.2, -0.15) is 0 Å². The average Bonchev–Trinajstić information content (AvgIpc) is 3.35. The average molecular weight is 386 g/mol. The molecule has 0 aliphatic heterocycles. The van der Waals surface area contributed by atoms with Crippen molar-refractivity contribution in [3.05, 3.63) is 132 Å². The summed E-state index contributed by atoms with van der Waals surface area (Å²) in [7, 11) is 0. The molecular weight excluding hydrogens is 360 g/mol. The first-order valence-electron chi connectivity index (χ1n) is 11.2. The molecule has 0 spiro atoms. The molecule has 5 aromatic carbocycles. The lowest BCUT2D eigenvalue weighted by atomic mass is 9.75. The summed E-state index contributed by atoms with van der Waals surface area (Å²) in [5, 5.41) is 4.95. The highest BCUT2D eigenvalue weighted by Crippen LogP contribution is 2.70. The van der Waals surface area contributed by atoms with Crippen molar-refractivity contribution in [2.45, 2.75) is 24.2 Å². The van der Waals surface area contributed by atoms with E-state index in [9.17, 15) is 1.37 Å². The third-order valence-corrected chi connectivity index (χ3v) is 7.04. The molecule has 0 bridgehead atoms. The van der Waals surface area contributed by atoms with Crippen molar-refractivity contribution in [2.24, 2.45) is 0 Å². The first kappa shape index (κ1) is 16.4. The Balaban J connectivity index is 1.75. The molecule has 0 aromatic heterocycles. The van der Waals surface area contributed by atoms with Gasteiger partial charge in [0.25, 0.3) is 0 Å². The van der Waals surface area contributed by atoms with Gasteiger partial charge in [-0.3, -0.25) is 0 Å². The summed E-state index contributed by atoms with van der Waals surface area (Å²) in [6.07, 6.45) is -0.279. The highest BCUT2D eigenvalue weighted by molar-refractivity contribution is 5.93. The Bertz CT molecular complexity index is 1330. The van der Waals surface area contributed by atoms with Gasteiger partial charge in [-0.1, -0.05) is 122 Å². The van der Waals surface area contributed by atoms with E-state index in [4.69, 9.17) is 0 Å². The molecule has 5 aromatic rings. The van der Waals surface area contributed by atoms with Gasteiger partial charge < -0.3 is 0 Å². The highest BCUT2D eigenvalue weighted by Gasteiger charge is 2.67. The minimum Gasteiger partial charge on any atom is -0.0622 e. The Kier molecular flexibility index (Phi) is 3.45. The summed E-state index contributed by atoms with van der Waals surface area (Å²) in [5.41, 5.74) is 3.01. The Morgan fingerprint density at radius 3 is 1.60 bits per heavy atom. The summed E-state index contributed by atoms with van der Waals surface area (Å²) in [4.78, 5) is 0. The van der Waals surface area contributed by atoms with Crippen molar-refractivity contribution in [3.8, 4) is 0 Å². The summed E-state index contributed by atoms with van der Waals surface area (Å²) in [5.74, 6) is 0. The summed E-state index contributed by atoms with van der Waals surface area (Å²) in [6.45, 7) is 2.28. The van der Waals surface area contributed by atoms with E-state index in [1.165, 1.54) is 38.2 Å². The van der Waals surface area contributed by atoms with Crippen LogP contribution < -0.4 is 0 Å². The number of hydrogen-bond donors (Lipinski definition) is 0.